The average molecular weight is 388 g/mol. The smallest absolute Gasteiger partial charge is 0.257 e. The lowest BCUT2D eigenvalue weighted by molar-refractivity contribution is 0.102. The fourth-order valence-corrected chi connectivity index (χ4v) is 2.25. The van der Waals surface area contributed by atoms with Gasteiger partial charge in [0.15, 0.2) is 0 Å². The van der Waals surface area contributed by atoms with Crippen molar-refractivity contribution in [3.05, 3.63) is 50.7 Å². The third-order valence-corrected chi connectivity index (χ3v) is 3.41. The predicted molar refractivity (Wildman–Crippen MR) is 85.9 cm³/mol. The number of pyridine rings is 1. The SMILES string of the molecule is CNc1cc(C(=O)Nc2cccc(I)c2)c(Cl)cn1. The number of aromatic nitrogens is 1. The van der Waals surface area contributed by atoms with E-state index in [-0.39, 0.29) is 5.91 Å². The lowest BCUT2D eigenvalue weighted by atomic mass is 10.2. The lowest BCUT2D eigenvalue weighted by Gasteiger charge is -2.08. The minimum Gasteiger partial charge on any atom is -0.373 e. The third kappa shape index (κ3) is 3.57. The Morgan fingerprint density at radius 2 is 2.16 bits per heavy atom. The van der Waals surface area contributed by atoms with Gasteiger partial charge in [-0.2, -0.15) is 0 Å². The first kappa shape index (κ1) is 14.1. The van der Waals surface area contributed by atoms with Crippen molar-refractivity contribution in [1.29, 1.82) is 0 Å². The monoisotopic (exact) mass is 387 g/mol. The summed E-state index contributed by atoms with van der Waals surface area (Å²) in [6.07, 6.45) is 1.46. The molecular weight excluding hydrogens is 377 g/mol. The number of nitrogens with one attached hydrogen (secondary N) is 2. The summed E-state index contributed by atoms with van der Waals surface area (Å²) in [4.78, 5) is 16.2. The third-order valence-electron chi connectivity index (χ3n) is 2.44. The maximum Gasteiger partial charge on any atom is 0.257 e. The highest BCUT2D eigenvalue weighted by Crippen LogP contribution is 2.20. The van der Waals surface area contributed by atoms with Crippen LogP contribution in [0.3, 0.4) is 0 Å². The molecule has 0 aliphatic rings. The summed E-state index contributed by atoms with van der Waals surface area (Å²) in [7, 11) is 1.73. The number of nitrogens with zero attached hydrogens (tertiary/aromatic N) is 1. The molecule has 19 heavy (non-hydrogen) atoms. The van der Waals surface area contributed by atoms with E-state index in [0.717, 1.165) is 9.26 Å². The molecule has 0 bridgehead atoms. The van der Waals surface area contributed by atoms with Gasteiger partial charge in [-0.1, -0.05) is 17.7 Å². The normalized spacial score (nSPS) is 10.1. The Kier molecular flexibility index (Phi) is 4.60. The van der Waals surface area contributed by atoms with Crippen LogP contribution >= 0.6 is 34.2 Å². The van der Waals surface area contributed by atoms with E-state index in [1.165, 1.54) is 6.20 Å². The standard InChI is InChI=1S/C13H11ClIN3O/c1-16-12-6-10(11(14)7-17-12)13(19)18-9-4-2-3-8(15)5-9/h2-7H,1H3,(H,16,17)(H,18,19). The predicted octanol–water partition coefficient (Wildman–Crippen LogP) is 3.63. The minimum atomic E-state index is -0.258. The Labute approximate surface area is 129 Å². The van der Waals surface area contributed by atoms with Gasteiger partial charge in [0, 0.05) is 22.5 Å². The second-order valence-corrected chi connectivity index (χ2v) is 5.42. The first-order valence-electron chi connectivity index (χ1n) is 5.50. The van der Waals surface area contributed by atoms with Gasteiger partial charge in [-0.25, -0.2) is 4.98 Å². The van der Waals surface area contributed by atoms with Gasteiger partial charge in [-0.05, 0) is 46.9 Å². The molecular formula is C13H11ClIN3O. The molecule has 2 rings (SSSR count). The summed E-state index contributed by atoms with van der Waals surface area (Å²) in [5, 5.41) is 6.00. The largest absolute Gasteiger partial charge is 0.373 e. The Bertz CT molecular complexity index is 619. The van der Waals surface area contributed by atoms with E-state index in [0.29, 0.717) is 16.4 Å². The molecule has 0 radical (unpaired) electrons. The zero-order valence-electron chi connectivity index (χ0n) is 10.1. The molecule has 1 amide bonds. The van der Waals surface area contributed by atoms with Gasteiger partial charge in [-0.15, -0.1) is 0 Å². The van der Waals surface area contributed by atoms with E-state index in [1.54, 1.807) is 13.1 Å². The van der Waals surface area contributed by atoms with Gasteiger partial charge in [0.05, 0.1) is 10.6 Å². The van der Waals surface area contributed by atoms with Crippen LogP contribution in [0, 0.1) is 3.57 Å². The summed E-state index contributed by atoms with van der Waals surface area (Å²) < 4.78 is 1.05. The van der Waals surface area contributed by atoms with Crippen molar-refractivity contribution in [3.63, 3.8) is 0 Å². The van der Waals surface area contributed by atoms with Gasteiger partial charge in [0.2, 0.25) is 0 Å². The van der Waals surface area contributed by atoms with E-state index in [9.17, 15) is 4.79 Å². The summed E-state index contributed by atoms with van der Waals surface area (Å²) in [6.45, 7) is 0. The molecule has 0 saturated heterocycles. The van der Waals surface area contributed by atoms with Crippen LogP contribution in [0.15, 0.2) is 36.5 Å². The van der Waals surface area contributed by atoms with Crippen molar-refractivity contribution in [2.75, 3.05) is 17.7 Å². The highest BCUT2D eigenvalue weighted by molar-refractivity contribution is 14.1. The van der Waals surface area contributed by atoms with Crippen LogP contribution in [0.1, 0.15) is 10.4 Å². The topological polar surface area (TPSA) is 54.0 Å². The summed E-state index contributed by atoms with van der Waals surface area (Å²) >= 11 is 8.18. The molecule has 2 aromatic rings. The molecule has 6 heteroatoms. The lowest BCUT2D eigenvalue weighted by Crippen LogP contribution is -2.13. The number of carbonyl (C=O) groups is 1. The van der Waals surface area contributed by atoms with Crippen molar-refractivity contribution in [2.24, 2.45) is 0 Å². The number of carbonyl (C=O) groups excluding carboxylic acids is 1. The second kappa shape index (κ2) is 6.21. The van der Waals surface area contributed by atoms with Crippen molar-refractivity contribution >= 4 is 51.6 Å². The number of amides is 1. The number of benzene rings is 1. The molecule has 1 aromatic carbocycles. The number of anilines is 2. The van der Waals surface area contributed by atoms with E-state index in [1.807, 2.05) is 24.3 Å². The van der Waals surface area contributed by atoms with Crippen LogP contribution < -0.4 is 10.6 Å². The molecule has 0 aliphatic carbocycles. The Balaban J connectivity index is 2.25. The molecule has 0 spiro atoms. The van der Waals surface area contributed by atoms with Crippen LogP contribution in [-0.4, -0.2) is 17.9 Å². The Hall–Kier alpha value is -1.34. The maximum atomic E-state index is 12.2. The van der Waals surface area contributed by atoms with Gasteiger partial charge in [0.25, 0.3) is 5.91 Å². The molecule has 0 aliphatic heterocycles. The quantitative estimate of drug-likeness (QED) is 0.791. The molecule has 98 valence electrons. The van der Waals surface area contributed by atoms with E-state index < -0.39 is 0 Å². The molecule has 0 saturated carbocycles. The van der Waals surface area contributed by atoms with Crippen molar-refractivity contribution < 1.29 is 4.79 Å². The number of rotatable bonds is 3. The highest BCUT2D eigenvalue weighted by atomic mass is 127. The molecule has 0 unspecified atom stereocenters. The first-order chi connectivity index (χ1) is 9.10. The first-order valence-corrected chi connectivity index (χ1v) is 6.96. The van der Waals surface area contributed by atoms with Crippen LogP contribution in [0.5, 0.6) is 0 Å². The van der Waals surface area contributed by atoms with Crippen LogP contribution in [0.4, 0.5) is 11.5 Å². The molecule has 0 fully saturated rings. The zero-order chi connectivity index (χ0) is 13.8. The molecule has 2 N–H and O–H groups in total. The Morgan fingerprint density at radius 3 is 2.84 bits per heavy atom. The second-order valence-electron chi connectivity index (χ2n) is 3.76. The van der Waals surface area contributed by atoms with Gasteiger partial charge < -0.3 is 10.6 Å². The van der Waals surface area contributed by atoms with Crippen molar-refractivity contribution in [2.45, 2.75) is 0 Å². The summed E-state index contributed by atoms with van der Waals surface area (Å²) in [5.74, 6) is 0.336. The van der Waals surface area contributed by atoms with Gasteiger partial charge >= 0.3 is 0 Å². The highest BCUT2D eigenvalue weighted by Gasteiger charge is 2.12. The molecule has 1 heterocycles. The number of halogens is 2. The van der Waals surface area contributed by atoms with Gasteiger partial charge in [0.1, 0.15) is 5.82 Å². The fraction of sp³-hybridized carbons (Fsp3) is 0.0769. The van der Waals surface area contributed by atoms with Gasteiger partial charge in [-0.3, -0.25) is 4.79 Å². The van der Waals surface area contributed by atoms with Crippen LogP contribution in [0.25, 0.3) is 0 Å². The van der Waals surface area contributed by atoms with Crippen LogP contribution in [-0.2, 0) is 0 Å². The van der Waals surface area contributed by atoms with Crippen molar-refractivity contribution in [1.82, 2.24) is 4.98 Å². The number of hydrogen-bond donors (Lipinski definition) is 2. The summed E-state index contributed by atoms with van der Waals surface area (Å²) in [5.41, 5.74) is 1.12. The Morgan fingerprint density at radius 1 is 1.37 bits per heavy atom. The van der Waals surface area contributed by atoms with E-state index >= 15 is 0 Å². The minimum absolute atomic E-state index is 0.258. The fourth-order valence-electron chi connectivity index (χ4n) is 1.51. The van der Waals surface area contributed by atoms with Crippen LogP contribution in [0.2, 0.25) is 5.02 Å². The molecule has 1 aromatic heterocycles. The van der Waals surface area contributed by atoms with E-state index in [2.05, 4.69) is 38.2 Å². The van der Waals surface area contributed by atoms with E-state index in [4.69, 9.17) is 11.6 Å². The maximum absolute atomic E-state index is 12.2. The average Bonchev–Trinajstić information content (AvgIpc) is 2.39. The summed E-state index contributed by atoms with van der Waals surface area (Å²) in [6, 6.07) is 9.16. The number of hydrogen-bond acceptors (Lipinski definition) is 3. The van der Waals surface area contributed by atoms with Crippen molar-refractivity contribution in [3.8, 4) is 0 Å². The molecule has 0 atom stereocenters. The zero-order valence-corrected chi connectivity index (χ0v) is 13.0. The molecule has 4 nitrogen and oxygen atoms in total.